The Labute approximate surface area is 223 Å². The lowest BCUT2D eigenvalue weighted by Gasteiger charge is -2.31. The van der Waals surface area contributed by atoms with Gasteiger partial charge in [-0.1, -0.05) is 52.0 Å². The SMILES string of the molecule is Cc1cc(C(C)(C)CC(C)(C)[N+](=O)[O-])ccc1C(C)CC(C)NC(=O)NC(C)CC(C)c1cccnc1. The van der Waals surface area contributed by atoms with E-state index < -0.39 is 5.54 Å². The Morgan fingerprint density at radius 2 is 1.59 bits per heavy atom. The Hall–Kier alpha value is -2.96. The highest BCUT2D eigenvalue weighted by Gasteiger charge is 2.38. The third-order valence-corrected chi connectivity index (χ3v) is 7.37. The zero-order valence-electron chi connectivity index (χ0n) is 24.1. The summed E-state index contributed by atoms with van der Waals surface area (Å²) in [6, 6.07) is 10.3. The first-order valence-corrected chi connectivity index (χ1v) is 13.3. The number of rotatable bonds is 12. The van der Waals surface area contributed by atoms with Crippen molar-refractivity contribution >= 4 is 6.03 Å². The second-order valence-corrected chi connectivity index (χ2v) is 12.2. The molecule has 0 radical (unpaired) electrons. The van der Waals surface area contributed by atoms with E-state index in [1.807, 2.05) is 26.1 Å². The molecular weight excluding hydrogens is 464 g/mol. The molecule has 1 aromatic heterocycles. The zero-order valence-corrected chi connectivity index (χ0v) is 24.1. The summed E-state index contributed by atoms with van der Waals surface area (Å²) in [4.78, 5) is 28.0. The second-order valence-electron chi connectivity index (χ2n) is 12.2. The van der Waals surface area contributed by atoms with Gasteiger partial charge in [-0.3, -0.25) is 15.1 Å². The molecule has 1 heterocycles. The Balaban J connectivity index is 1.93. The molecule has 0 aliphatic carbocycles. The van der Waals surface area contributed by atoms with Crippen LogP contribution in [0.3, 0.4) is 0 Å². The van der Waals surface area contributed by atoms with Crippen molar-refractivity contribution in [2.45, 2.75) is 116 Å². The van der Waals surface area contributed by atoms with Crippen LogP contribution in [0.15, 0.2) is 42.7 Å². The largest absolute Gasteiger partial charge is 0.336 e. The average Bonchev–Trinajstić information content (AvgIpc) is 2.78. The molecule has 204 valence electrons. The van der Waals surface area contributed by atoms with Gasteiger partial charge in [0.25, 0.3) is 0 Å². The number of hydrogen-bond acceptors (Lipinski definition) is 4. The van der Waals surface area contributed by atoms with Crippen LogP contribution >= 0.6 is 0 Å². The highest BCUT2D eigenvalue weighted by molar-refractivity contribution is 5.74. The fraction of sp³-hybridized carbons (Fsp3) is 0.600. The topological polar surface area (TPSA) is 97.2 Å². The molecule has 7 heteroatoms. The molecule has 0 saturated carbocycles. The number of pyridine rings is 1. The van der Waals surface area contributed by atoms with Crippen LogP contribution in [-0.2, 0) is 5.41 Å². The smallest absolute Gasteiger partial charge is 0.315 e. The van der Waals surface area contributed by atoms with Gasteiger partial charge in [-0.05, 0) is 79.2 Å². The van der Waals surface area contributed by atoms with Crippen molar-refractivity contribution in [2.75, 3.05) is 0 Å². The molecule has 0 fully saturated rings. The Morgan fingerprint density at radius 1 is 1.00 bits per heavy atom. The first-order valence-electron chi connectivity index (χ1n) is 13.3. The fourth-order valence-corrected chi connectivity index (χ4v) is 5.50. The van der Waals surface area contributed by atoms with Gasteiger partial charge in [0.1, 0.15) is 0 Å². The highest BCUT2D eigenvalue weighted by Crippen LogP contribution is 2.36. The quantitative estimate of drug-likeness (QED) is 0.240. The van der Waals surface area contributed by atoms with Gasteiger partial charge in [-0.2, -0.15) is 0 Å². The molecule has 0 aliphatic rings. The van der Waals surface area contributed by atoms with Crippen LogP contribution in [0.25, 0.3) is 0 Å². The van der Waals surface area contributed by atoms with Gasteiger partial charge in [-0.15, -0.1) is 0 Å². The molecule has 4 unspecified atom stereocenters. The Morgan fingerprint density at radius 3 is 2.11 bits per heavy atom. The number of amides is 2. The van der Waals surface area contributed by atoms with E-state index in [0.717, 1.165) is 18.4 Å². The molecule has 0 bridgehead atoms. The molecule has 37 heavy (non-hydrogen) atoms. The third-order valence-electron chi connectivity index (χ3n) is 7.37. The fourth-order valence-electron chi connectivity index (χ4n) is 5.50. The van der Waals surface area contributed by atoms with Crippen LogP contribution in [0.4, 0.5) is 4.79 Å². The second kappa shape index (κ2) is 12.5. The molecule has 0 aliphatic heterocycles. The summed E-state index contributed by atoms with van der Waals surface area (Å²) >= 11 is 0. The maximum Gasteiger partial charge on any atom is 0.315 e. The molecule has 2 N–H and O–H groups in total. The molecule has 1 aromatic carbocycles. The van der Waals surface area contributed by atoms with E-state index in [2.05, 4.69) is 74.5 Å². The lowest BCUT2D eigenvalue weighted by molar-refractivity contribution is -0.563. The van der Waals surface area contributed by atoms with E-state index in [4.69, 9.17) is 0 Å². The first-order chi connectivity index (χ1) is 17.1. The van der Waals surface area contributed by atoms with Gasteiger partial charge < -0.3 is 10.6 Å². The number of nitrogens with one attached hydrogen (secondary N) is 2. The summed E-state index contributed by atoms with van der Waals surface area (Å²) in [5.74, 6) is 0.564. The van der Waals surface area contributed by atoms with Crippen molar-refractivity contribution in [3.63, 3.8) is 0 Å². The number of aromatic nitrogens is 1. The van der Waals surface area contributed by atoms with Gasteiger partial charge in [0, 0.05) is 49.7 Å². The zero-order chi connectivity index (χ0) is 28.0. The standard InChI is InChI=1S/C30H46N4O3/c1-20(25-11-10-14-31-18-25)15-23(4)32-28(35)33-24(5)16-21(2)27-13-12-26(17-22(27)3)29(6,7)19-30(8,9)34(36)37/h10-14,17-18,20-21,23-24H,15-16,19H2,1-9H3,(H2,32,33,35). The average molecular weight is 511 g/mol. The molecule has 2 aromatic rings. The first kappa shape index (κ1) is 30.3. The molecule has 2 rings (SSSR count). The van der Waals surface area contributed by atoms with Crippen LogP contribution in [0, 0.1) is 17.0 Å². The van der Waals surface area contributed by atoms with Crippen LogP contribution in [0.5, 0.6) is 0 Å². The minimum Gasteiger partial charge on any atom is -0.336 e. The number of hydrogen-bond donors (Lipinski definition) is 2. The Kier molecular flexibility index (Phi) is 10.2. The number of nitro groups is 1. The molecule has 2 amide bonds. The summed E-state index contributed by atoms with van der Waals surface area (Å²) in [5.41, 5.74) is 3.38. The van der Waals surface area contributed by atoms with Crippen LogP contribution in [0.2, 0.25) is 0 Å². The number of nitrogens with zero attached hydrogens (tertiary/aromatic N) is 2. The van der Waals surface area contributed by atoms with E-state index in [1.54, 1.807) is 20.0 Å². The lowest BCUT2D eigenvalue weighted by atomic mass is 9.74. The van der Waals surface area contributed by atoms with Crippen molar-refractivity contribution in [1.82, 2.24) is 15.6 Å². The molecule has 0 spiro atoms. The number of benzene rings is 1. The van der Waals surface area contributed by atoms with Crippen LogP contribution < -0.4 is 10.6 Å². The number of carbonyl (C=O) groups is 1. The molecule has 7 nitrogen and oxygen atoms in total. The third kappa shape index (κ3) is 8.83. The molecule has 4 atom stereocenters. The number of carbonyl (C=O) groups excluding carboxylic acids is 1. The maximum atomic E-state index is 12.6. The van der Waals surface area contributed by atoms with E-state index in [1.165, 1.54) is 16.7 Å². The van der Waals surface area contributed by atoms with E-state index in [9.17, 15) is 14.9 Å². The summed E-state index contributed by atoms with van der Waals surface area (Å²) in [5, 5.41) is 17.6. The minimum atomic E-state index is -0.987. The highest BCUT2D eigenvalue weighted by atomic mass is 16.6. The Bertz CT molecular complexity index is 1050. The summed E-state index contributed by atoms with van der Waals surface area (Å²) < 4.78 is 0. The van der Waals surface area contributed by atoms with Crippen molar-refractivity contribution in [1.29, 1.82) is 0 Å². The van der Waals surface area contributed by atoms with Crippen molar-refractivity contribution < 1.29 is 9.72 Å². The van der Waals surface area contributed by atoms with E-state index in [0.29, 0.717) is 12.3 Å². The monoisotopic (exact) mass is 510 g/mol. The summed E-state index contributed by atoms with van der Waals surface area (Å²) in [6.07, 6.45) is 5.75. The van der Waals surface area contributed by atoms with E-state index >= 15 is 0 Å². The number of aryl methyl sites for hydroxylation is 1. The summed E-state index contributed by atoms with van der Waals surface area (Å²) in [7, 11) is 0. The van der Waals surface area contributed by atoms with Gasteiger partial charge in [0.15, 0.2) is 0 Å². The van der Waals surface area contributed by atoms with Crippen molar-refractivity contribution in [3.05, 3.63) is 75.1 Å². The molecular formula is C30H46N4O3. The lowest BCUT2D eigenvalue weighted by Crippen LogP contribution is -2.45. The summed E-state index contributed by atoms with van der Waals surface area (Å²) in [6.45, 7) is 18.0. The van der Waals surface area contributed by atoms with E-state index in [-0.39, 0.29) is 34.4 Å². The predicted octanol–water partition coefficient (Wildman–Crippen LogP) is 6.88. The van der Waals surface area contributed by atoms with Gasteiger partial charge >= 0.3 is 6.03 Å². The minimum absolute atomic E-state index is 0.00866. The molecule has 0 saturated heterocycles. The normalized spacial score (nSPS) is 15.4. The van der Waals surface area contributed by atoms with Gasteiger partial charge in [0.05, 0.1) is 0 Å². The number of urea groups is 1. The predicted molar refractivity (Wildman–Crippen MR) is 151 cm³/mol. The van der Waals surface area contributed by atoms with Gasteiger partial charge in [-0.25, -0.2) is 4.79 Å². The maximum absolute atomic E-state index is 12.6. The van der Waals surface area contributed by atoms with Gasteiger partial charge in [0.2, 0.25) is 5.54 Å². The van der Waals surface area contributed by atoms with Crippen molar-refractivity contribution in [2.24, 2.45) is 0 Å². The van der Waals surface area contributed by atoms with Crippen LogP contribution in [-0.4, -0.2) is 33.6 Å². The van der Waals surface area contributed by atoms with Crippen LogP contribution in [0.1, 0.15) is 109 Å². The van der Waals surface area contributed by atoms with Crippen molar-refractivity contribution in [3.8, 4) is 0 Å².